The van der Waals surface area contributed by atoms with Crippen LogP contribution in [-0.4, -0.2) is 32.0 Å². The van der Waals surface area contributed by atoms with Crippen molar-refractivity contribution in [2.24, 2.45) is 0 Å². The fourth-order valence-electron chi connectivity index (χ4n) is 1.22. The molecule has 0 aliphatic carbocycles. The molecule has 0 spiro atoms. The van der Waals surface area contributed by atoms with Crippen molar-refractivity contribution in [2.45, 2.75) is 25.1 Å². The van der Waals surface area contributed by atoms with E-state index in [1.54, 1.807) is 0 Å². The second-order valence-electron chi connectivity index (χ2n) is 2.92. The summed E-state index contributed by atoms with van der Waals surface area (Å²) in [5.41, 5.74) is 0. The second kappa shape index (κ2) is 4.09. The van der Waals surface area contributed by atoms with E-state index in [2.05, 4.69) is 10.1 Å². The summed E-state index contributed by atoms with van der Waals surface area (Å²) < 4.78 is 39.2. The molecule has 1 atom stereocenters. The fraction of sp³-hybridized carbons (Fsp3) is 1.00. The molecule has 0 aromatic heterocycles. The van der Waals surface area contributed by atoms with E-state index in [1.165, 1.54) is 0 Å². The predicted molar refractivity (Wildman–Crippen MR) is 37.9 cm³/mol. The predicted octanol–water partition coefficient (Wildman–Crippen LogP) is 1.32. The largest absolute Gasteiger partial charge is 0.411 e. The molecule has 0 bridgehead atoms. The molecule has 1 fully saturated rings. The Morgan fingerprint density at radius 1 is 1.42 bits per heavy atom. The van der Waals surface area contributed by atoms with Gasteiger partial charge in [0.25, 0.3) is 0 Å². The van der Waals surface area contributed by atoms with Gasteiger partial charge in [-0.25, -0.2) is 0 Å². The maximum atomic E-state index is 11.6. The van der Waals surface area contributed by atoms with Crippen molar-refractivity contribution in [3.63, 3.8) is 0 Å². The third kappa shape index (κ3) is 3.92. The van der Waals surface area contributed by atoms with Crippen LogP contribution in [0, 0.1) is 0 Å². The summed E-state index contributed by atoms with van der Waals surface area (Å²) in [7, 11) is 0. The van der Waals surface area contributed by atoms with Crippen LogP contribution in [0.4, 0.5) is 13.2 Å². The van der Waals surface area contributed by atoms with Gasteiger partial charge >= 0.3 is 6.18 Å². The number of alkyl halides is 3. The topological polar surface area (TPSA) is 21.3 Å². The zero-order valence-electron chi connectivity index (χ0n) is 6.66. The highest BCUT2D eigenvalue weighted by Crippen LogP contribution is 2.15. The van der Waals surface area contributed by atoms with Gasteiger partial charge in [0, 0.05) is 6.04 Å². The first-order valence-corrected chi connectivity index (χ1v) is 3.96. The average molecular weight is 183 g/mol. The Morgan fingerprint density at radius 2 is 2.17 bits per heavy atom. The molecule has 0 unspecified atom stereocenters. The maximum Gasteiger partial charge on any atom is 0.411 e. The third-order valence-electron chi connectivity index (χ3n) is 1.75. The molecule has 5 heteroatoms. The van der Waals surface area contributed by atoms with E-state index in [-0.39, 0.29) is 12.6 Å². The van der Waals surface area contributed by atoms with Crippen LogP contribution in [0.5, 0.6) is 0 Å². The summed E-state index contributed by atoms with van der Waals surface area (Å²) in [4.78, 5) is 0. The molecule has 1 N–H and O–H groups in total. The normalized spacial score (nSPS) is 24.8. The molecular weight excluding hydrogens is 171 g/mol. The number of ether oxygens (including phenoxy) is 1. The van der Waals surface area contributed by atoms with E-state index in [9.17, 15) is 13.2 Å². The molecule has 1 heterocycles. The number of hydrogen-bond donors (Lipinski definition) is 1. The van der Waals surface area contributed by atoms with Crippen molar-refractivity contribution in [2.75, 3.05) is 19.8 Å². The molecule has 1 aliphatic heterocycles. The van der Waals surface area contributed by atoms with E-state index in [4.69, 9.17) is 0 Å². The van der Waals surface area contributed by atoms with Crippen LogP contribution in [0.2, 0.25) is 0 Å². The van der Waals surface area contributed by atoms with Crippen molar-refractivity contribution in [3.05, 3.63) is 0 Å². The highest BCUT2D eigenvalue weighted by molar-refractivity contribution is 4.73. The lowest BCUT2D eigenvalue weighted by atomic mass is 10.2. The van der Waals surface area contributed by atoms with Crippen LogP contribution in [0.25, 0.3) is 0 Å². The Labute approximate surface area is 69.1 Å². The van der Waals surface area contributed by atoms with E-state index < -0.39 is 12.8 Å². The molecule has 12 heavy (non-hydrogen) atoms. The van der Waals surface area contributed by atoms with Crippen LogP contribution >= 0.6 is 0 Å². The Balaban J connectivity index is 2.02. The minimum absolute atomic E-state index is 0.118. The molecule has 1 saturated heterocycles. The summed E-state index contributed by atoms with van der Waals surface area (Å²) in [5.74, 6) is 0. The van der Waals surface area contributed by atoms with Crippen molar-refractivity contribution < 1.29 is 17.9 Å². The number of rotatable bonds is 3. The number of nitrogens with one attached hydrogen (secondary N) is 1. The first-order chi connectivity index (χ1) is 5.58. The monoisotopic (exact) mass is 183 g/mol. The van der Waals surface area contributed by atoms with Crippen molar-refractivity contribution in [1.82, 2.24) is 5.32 Å². The molecular formula is C7H12F3NO. The van der Waals surface area contributed by atoms with E-state index in [0.717, 1.165) is 19.4 Å². The molecule has 0 saturated carbocycles. The Morgan fingerprint density at radius 3 is 2.67 bits per heavy atom. The summed E-state index contributed by atoms with van der Waals surface area (Å²) in [6.45, 7) is -0.0786. The molecule has 72 valence electrons. The molecule has 0 aromatic carbocycles. The minimum atomic E-state index is -4.20. The molecule has 0 aromatic rings. The van der Waals surface area contributed by atoms with Gasteiger partial charge in [0.15, 0.2) is 0 Å². The first-order valence-electron chi connectivity index (χ1n) is 3.96. The lowest BCUT2D eigenvalue weighted by Crippen LogP contribution is -2.29. The summed E-state index contributed by atoms with van der Waals surface area (Å²) in [6, 6.07) is 0.118. The van der Waals surface area contributed by atoms with Crippen molar-refractivity contribution in [3.8, 4) is 0 Å². The van der Waals surface area contributed by atoms with Crippen LogP contribution in [0.15, 0.2) is 0 Å². The average Bonchev–Trinajstić information content (AvgIpc) is 2.36. The molecule has 0 amide bonds. The van der Waals surface area contributed by atoms with Crippen LogP contribution in [-0.2, 0) is 4.74 Å². The van der Waals surface area contributed by atoms with Gasteiger partial charge in [0.1, 0.15) is 6.61 Å². The van der Waals surface area contributed by atoms with Gasteiger partial charge in [-0.05, 0) is 19.4 Å². The third-order valence-corrected chi connectivity index (χ3v) is 1.75. The van der Waals surface area contributed by atoms with Crippen LogP contribution in [0.1, 0.15) is 12.8 Å². The molecule has 1 rings (SSSR count). The highest BCUT2D eigenvalue weighted by Gasteiger charge is 2.28. The summed E-state index contributed by atoms with van der Waals surface area (Å²) in [5, 5.41) is 3.05. The van der Waals surface area contributed by atoms with Crippen LogP contribution in [0.3, 0.4) is 0 Å². The van der Waals surface area contributed by atoms with Gasteiger partial charge in [-0.2, -0.15) is 13.2 Å². The lowest BCUT2D eigenvalue weighted by Gasteiger charge is -2.11. The van der Waals surface area contributed by atoms with Crippen molar-refractivity contribution in [1.29, 1.82) is 0 Å². The molecule has 1 aliphatic rings. The number of halogens is 3. The zero-order chi connectivity index (χ0) is 9.03. The van der Waals surface area contributed by atoms with Crippen molar-refractivity contribution >= 4 is 0 Å². The van der Waals surface area contributed by atoms with Gasteiger partial charge in [0.05, 0.1) is 6.61 Å². The quantitative estimate of drug-likeness (QED) is 0.712. The zero-order valence-corrected chi connectivity index (χ0v) is 6.66. The van der Waals surface area contributed by atoms with Gasteiger partial charge in [-0.1, -0.05) is 0 Å². The Kier molecular flexibility index (Phi) is 3.34. The smallest absolute Gasteiger partial charge is 0.370 e. The van der Waals surface area contributed by atoms with E-state index in [1.807, 2.05) is 0 Å². The summed E-state index contributed by atoms with van der Waals surface area (Å²) >= 11 is 0. The maximum absolute atomic E-state index is 11.6. The van der Waals surface area contributed by atoms with E-state index >= 15 is 0 Å². The van der Waals surface area contributed by atoms with Gasteiger partial charge in [0.2, 0.25) is 0 Å². The fourth-order valence-corrected chi connectivity index (χ4v) is 1.22. The van der Waals surface area contributed by atoms with E-state index in [0.29, 0.717) is 0 Å². The Hall–Kier alpha value is -0.290. The van der Waals surface area contributed by atoms with Gasteiger partial charge in [-0.3, -0.25) is 0 Å². The van der Waals surface area contributed by atoms with Crippen LogP contribution < -0.4 is 5.32 Å². The minimum Gasteiger partial charge on any atom is -0.370 e. The number of hydrogen-bond acceptors (Lipinski definition) is 2. The first kappa shape index (κ1) is 9.80. The highest BCUT2D eigenvalue weighted by atomic mass is 19.4. The standard InChI is InChI=1S/C7H12F3NO/c8-7(9,10)5-12-4-6-2-1-3-11-6/h6,11H,1-5H2/t6-/m0/s1. The molecule has 0 radical (unpaired) electrons. The van der Waals surface area contributed by atoms with Gasteiger partial charge in [-0.15, -0.1) is 0 Å². The Bertz CT molecular complexity index is 131. The lowest BCUT2D eigenvalue weighted by molar-refractivity contribution is -0.175. The SMILES string of the molecule is FC(F)(F)COC[C@@H]1CCCN1. The van der Waals surface area contributed by atoms with Gasteiger partial charge < -0.3 is 10.1 Å². The molecule has 2 nitrogen and oxygen atoms in total. The summed E-state index contributed by atoms with van der Waals surface area (Å²) in [6.07, 6.45) is -2.25. The second-order valence-corrected chi connectivity index (χ2v) is 2.92.